The summed E-state index contributed by atoms with van der Waals surface area (Å²) in [6.45, 7) is 0. The molecule has 1 atom stereocenters. The summed E-state index contributed by atoms with van der Waals surface area (Å²) in [6, 6.07) is 3.37. The number of hydrogen-bond acceptors (Lipinski definition) is 4. The maximum absolute atomic E-state index is 12.0. The maximum atomic E-state index is 12.0. The zero-order chi connectivity index (χ0) is 12.8. The van der Waals surface area contributed by atoms with Gasteiger partial charge in [0.2, 0.25) is 0 Å². The van der Waals surface area contributed by atoms with Crippen LogP contribution in [0, 0.1) is 0 Å². The summed E-state index contributed by atoms with van der Waals surface area (Å²) in [5.74, 6) is 0.616. The van der Waals surface area contributed by atoms with E-state index in [1.807, 2.05) is 0 Å². The predicted octanol–water partition coefficient (Wildman–Crippen LogP) is 2.02. The zero-order valence-corrected chi connectivity index (χ0v) is 11.2. The lowest BCUT2D eigenvalue weighted by atomic mass is 10.2. The van der Waals surface area contributed by atoms with Crippen LogP contribution in [0.4, 0.5) is 0 Å². The number of pyridine rings is 1. The van der Waals surface area contributed by atoms with Crippen molar-refractivity contribution < 1.29 is 8.42 Å². The fourth-order valence-corrected chi connectivity index (χ4v) is 4.25. The van der Waals surface area contributed by atoms with E-state index >= 15 is 0 Å². The minimum absolute atomic E-state index is 0.230. The monoisotopic (exact) mass is 285 g/mol. The Bertz CT molecular complexity index is 695. The molecule has 96 valence electrons. The second kappa shape index (κ2) is 4.20. The molecular weight excluding hydrogens is 274 g/mol. The van der Waals surface area contributed by atoms with Crippen LogP contribution in [-0.4, -0.2) is 28.8 Å². The summed E-state index contributed by atoms with van der Waals surface area (Å²) in [5, 5.41) is 4.24. The second-order valence-corrected chi connectivity index (χ2v) is 7.21. The lowest BCUT2D eigenvalue weighted by molar-refractivity contribution is 0.538. The molecule has 3 rings (SSSR count). The van der Waals surface area contributed by atoms with Gasteiger partial charge in [-0.25, -0.2) is 17.9 Å². The molecule has 5 nitrogen and oxygen atoms in total. The molecule has 0 aliphatic carbocycles. The SMILES string of the molecule is O=S1(=O)CCCCC1c1nc2cc(Cl)ccn2n1. The van der Waals surface area contributed by atoms with E-state index in [1.54, 1.807) is 22.8 Å². The van der Waals surface area contributed by atoms with E-state index in [-0.39, 0.29) is 5.75 Å². The van der Waals surface area contributed by atoms with Crippen LogP contribution in [0.15, 0.2) is 18.3 Å². The van der Waals surface area contributed by atoms with Crippen LogP contribution in [0.5, 0.6) is 0 Å². The minimum Gasteiger partial charge on any atom is -0.228 e. The third-order valence-corrected chi connectivity index (χ3v) is 5.59. The lowest BCUT2D eigenvalue weighted by Gasteiger charge is -2.19. The highest BCUT2D eigenvalue weighted by molar-refractivity contribution is 7.91. The number of sulfone groups is 1. The van der Waals surface area contributed by atoms with Crippen LogP contribution < -0.4 is 0 Å². The van der Waals surface area contributed by atoms with Gasteiger partial charge in [0.05, 0.1) is 5.75 Å². The van der Waals surface area contributed by atoms with Crippen molar-refractivity contribution in [2.45, 2.75) is 24.5 Å². The van der Waals surface area contributed by atoms with Crippen molar-refractivity contribution in [2.24, 2.45) is 0 Å². The summed E-state index contributed by atoms with van der Waals surface area (Å²) in [7, 11) is -3.11. The van der Waals surface area contributed by atoms with Gasteiger partial charge < -0.3 is 0 Å². The normalized spacial score (nSPS) is 23.3. The molecule has 2 aromatic heterocycles. The minimum atomic E-state index is -3.11. The standard InChI is InChI=1S/C11H12ClN3O2S/c12-8-4-5-15-10(7-8)13-11(14-15)9-3-1-2-6-18(9,16)17/h4-5,7,9H,1-3,6H2. The van der Waals surface area contributed by atoms with Crippen molar-refractivity contribution in [1.82, 2.24) is 14.6 Å². The Morgan fingerprint density at radius 3 is 3.00 bits per heavy atom. The van der Waals surface area contributed by atoms with Gasteiger partial charge in [0, 0.05) is 17.3 Å². The molecule has 0 amide bonds. The largest absolute Gasteiger partial charge is 0.228 e. The van der Waals surface area contributed by atoms with Crippen LogP contribution in [0.1, 0.15) is 30.3 Å². The highest BCUT2D eigenvalue weighted by Gasteiger charge is 2.33. The van der Waals surface area contributed by atoms with Gasteiger partial charge in [0.15, 0.2) is 21.3 Å². The molecule has 1 unspecified atom stereocenters. The van der Waals surface area contributed by atoms with Crippen LogP contribution in [0.3, 0.4) is 0 Å². The van der Waals surface area contributed by atoms with E-state index in [0.29, 0.717) is 22.9 Å². The second-order valence-electron chi connectivity index (χ2n) is 4.47. The average Bonchev–Trinajstić information content (AvgIpc) is 2.70. The van der Waals surface area contributed by atoms with Crippen LogP contribution in [0.2, 0.25) is 5.02 Å². The highest BCUT2D eigenvalue weighted by atomic mass is 35.5. The van der Waals surface area contributed by atoms with Crippen molar-refractivity contribution in [3.05, 3.63) is 29.2 Å². The van der Waals surface area contributed by atoms with Gasteiger partial charge >= 0.3 is 0 Å². The first kappa shape index (κ1) is 11.9. The first-order chi connectivity index (χ1) is 8.56. The van der Waals surface area contributed by atoms with Crippen molar-refractivity contribution >= 4 is 27.1 Å². The Hall–Kier alpha value is -1.14. The molecule has 0 spiro atoms. The molecule has 1 aliphatic heterocycles. The van der Waals surface area contributed by atoms with Gasteiger partial charge in [-0.15, -0.1) is 5.10 Å². The summed E-state index contributed by atoms with van der Waals surface area (Å²) in [5.41, 5.74) is 0.582. The van der Waals surface area contributed by atoms with E-state index in [2.05, 4.69) is 10.1 Å². The number of halogens is 1. The molecule has 0 N–H and O–H groups in total. The molecule has 0 saturated carbocycles. The Morgan fingerprint density at radius 2 is 2.22 bits per heavy atom. The Morgan fingerprint density at radius 1 is 1.39 bits per heavy atom. The zero-order valence-electron chi connectivity index (χ0n) is 9.58. The molecule has 7 heteroatoms. The molecule has 2 aromatic rings. The Kier molecular flexibility index (Phi) is 2.79. The van der Waals surface area contributed by atoms with E-state index in [9.17, 15) is 8.42 Å². The van der Waals surface area contributed by atoms with Crippen LogP contribution in [0.25, 0.3) is 5.65 Å². The molecule has 1 fully saturated rings. The fourth-order valence-electron chi connectivity index (χ4n) is 2.25. The molecule has 1 aliphatic rings. The van der Waals surface area contributed by atoms with Gasteiger partial charge in [-0.05, 0) is 18.9 Å². The van der Waals surface area contributed by atoms with Crippen LogP contribution in [-0.2, 0) is 9.84 Å². The van der Waals surface area contributed by atoms with E-state index in [4.69, 9.17) is 11.6 Å². The highest BCUT2D eigenvalue weighted by Crippen LogP contribution is 2.31. The Balaban J connectivity index is 2.08. The number of hydrogen-bond donors (Lipinski definition) is 0. The summed E-state index contributed by atoms with van der Waals surface area (Å²) < 4.78 is 25.6. The average molecular weight is 286 g/mol. The van der Waals surface area contributed by atoms with Crippen molar-refractivity contribution in [1.29, 1.82) is 0 Å². The smallest absolute Gasteiger partial charge is 0.169 e. The quantitative estimate of drug-likeness (QED) is 0.804. The first-order valence-electron chi connectivity index (χ1n) is 5.80. The van der Waals surface area contributed by atoms with E-state index in [0.717, 1.165) is 12.8 Å². The predicted molar refractivity (Wildman–Crippen MR) is 68.4 cm³/mol. The van der Waals surface area contributed by atoms with Gasteiger partial charge in [-0.1, -0.05) is 18.0 Å². The lowest BCUT2D eigenvalue weighted by Crippen LogP contribution is -2.22. The van der Waals surface area contributed by atoms with Crippen LogP contribution >= 0.6 is 11.6 Å². The molecule has 0 aromatic carbocycles. The maximum Gasteiger partial charge on any atom is 0.169 e. The molecule has 0 bridgehead atoms. The van der Waals surface area contributed by atoms with Crippen molar-refractivity contribution in [2.75, 3.05) is 5.75 Å². The number of rotatable bonds is 1. The van der Waals surface area contributed by atoms with E-state index < -0.39 is 15.1 Å². The molecule has 3 heterocycles. The Labute approximate surface area is 110 Å². The number of aromatic nitrogens is 3. The molecule has 0 radical (unpaired) electrons. The van der Waals surface area contributed by atoms with Gasteiger partial charge in [0.25, 0.3) is 0 Å². The third-order valence-electron chi connectivity index (χ3n) is 3.18. The van der Waals surface area contributed by atoms with Crippen molar-refractivity contribution in [3.63, 3.8) is 0 Å². The summed E-state index contributed by atoms with van der Waals surface area (Å²) in [4.78, 5) is 4.28. The third kappa shape index (κ3) is 1.99. The van der Waals surface area contributed by atoms with Gasteiger partial charge in [0.1, 0.15) is 5.25 Å². The van der Waals surface area contributed by atoms with E-state index in [1.165, 1.54) is 0 Å². The summed E-state index contributed by atoms with van der Waals surface area (Å²) in [6.07, 6.45) is 3.93. The van der Waals surface area contributed by atoms with Gasteiger partial charge in [-0.2, -0.15) is 0 Å². The molecule has 1 saturated heterocycles. The number of nitrogens with zero attached hydrogens (tertiary/aromatic N) is 3. The molecule has 18 heavy (non-hydrogen) atoms. The van der Waals surface area contributed by atoms with Crippen molar-refractivity contribution in [3.8, 4) is 0 Å². The number of fused-ring (bicyclic) bond motifs is 1. The van der Waals surface area contributed by atoms with Gasteiger partial charge in [-0.3, -0.25) is 0 Å². The fraction of sp³-hybridized carbons (Fsp3) is 0.455. The topological polar surface area (TPSA) is 64.3 Å². The summed E-state index contributed by atoms with van der Waals surface area (Å²) >= 11 is 5.87. The molecular formula is C11H12ClN3O2S. The first-order valence-corrected chi connectivity index (χ1v) is 7.89.